The van der Waals surface area contributed by atoms with Gasteiger partial charge >= 0.3 is 0 Å². The molecule has 0 radical (unpaired) electrons. The molecule has 2 nitrogen and oxygen atoms in total. The van der Waals surface area contributed by atoms with Crippen LogP contribution in [0.1, 0.15) is 31.9 Å². The van der Waals surface area contributed by atoms with E-state index in [1.54, 1.807) is 0 Å². The molecule has 3 rings (SSSR count). The van der Waals surface area contributed by atoms with Gasteiger partial charge < -0.3 is 4.90 Å². The van der Waals surface area contributed by atoms with Gasteiger partial charge in [-0.25, -0.2) is 4.58 Å². The second kappa shape index (κ2) is 9.36. The molecule has 0 saturated heterocycles. The van der Waals surface area contributed by atoms with E-state index in [0.29, 0.717) is 0 Å². The van der Waals surface area contributed by atoms with Crippen LogP contribution in [0.2, 0.25) is 0 Å². The van der Waals surface area contributed by atoms with Crippen molar-refractivity contribution in [3.63, 3.8) is 0 Å². The van der Waals surface area contributed by atoms with Crippen LogP contribution in [0.15, 0.2) is 84.5 Å². The molecule has 1 aliphatic rings. The molecule has 0 aromatic heterocycles. The van der Waals surface area contributed by atoms with Crippen molar-refractivity contribution in [2.24, 2.45) is 0 Å². The molecule has 2 heteroatoms. The van der Waals surface area contributed by atoms with E-state index in [-0.39, 0.29) is 0 Å². The largest absolute Gasteiger partial charge is 0.372 e. The van der Waals surface area contributed by atoms with Crippen LogP contribution in [-0.2, 0) is 0 Å². The van der Waals surface area contributed by atoms with Crippen molar-refractivity contribution in [3.8, 4) is 0 Å². The van der Waals surface area contributed by atoms with Gasteiger partial charge in [0.05, 0.1) is 0 Å². The number of rotatable bonds is 6. The monoisotopic (exact) mass is 371 g/mol. The van der Waals surface area contributed by atoms with Gasteiger partial charge in [0.25, 0.3) is 0 Å². The minimum Gasteiger partial charge on any atom is -0.372 e. The molecule has 0 unspecified atom stereocenters. The molecule has 2 aromatic carbocycles. The van der Waals surface area contributed by atoms with Gasteiger partial charge in [0.15, 0.2) is 5.71 Å². The summed E-state index contributed by atoms with van der Waals surface area (Å²) in [5.74, 6) is 0. The molecular weight excluding hydrogens is 340 g/mol. The van der Waals surface area contributed by atoms with Crippen LogP contribution in [-0.4, -0.2) is 37.0 Å². The normalized spacial score (nSPS) is 13.0. The first-order chi connectivity index (χ1) is 13.7. The molecule has 1 aliphatic carbocycles. The van der Waals surface area contributed by atoms with Gasteiger partial charge in [0.2, 0.25) is 0 Å². The maximum atomic E-state index is 2.38. The molecule has 0 spiro atoms. The zero-order valence-electron chi connectivity index (χ0n) is 17.5. The Morgan fingerprint density at radius 2 is 1.32 bits per heavy atom. The molecule has 0 aliphatic heterocycles. The molecule has 28 heavy (non-hydrogen) atoms. The van der Waals surface area contributed by atoms with E-state index in [2.05, 4.69) is 116 Å². The van der Waals surface area contributed by atoms with Crippen LogP contribution in [0.4, 0.5) is 5.69 Å². The van der Waals surface area contributed by atoms with Crippen LogP contribution < -0.4 is 4.90 Å². The Bertz CT molecular complexity index is 891. The average Bonchev–Trinajstić information content (AvgIpc) is 2.76. The van der Waals surface area contributed by atoms with E-state index < -0.39 is 0 Å². The molecule has 0 saturated carbocycles. The smallest absolute Gasteiger partial charge is 0.199 e. The Labute approximate surface area is 169 Å². The van der Waals surface area contributed by atoms with Crippen molar-refractivity contribution in [1.82, 2.24) is 0 Å². The lowest BCUT2D eigenvalue weighted by Gasteiger charge is -2.21. The fourth-order valence-electron chi connectivity index (χ4n) is 3.60. The Morgan fingerprint density at radius 3 is 1.86 bits per heavy atom. The lowest BCUT2D eigenvalue weighted by molar-refractivity contribution is -0.491. The van der Waals surface area contributed by atoms with Gasteiger partial charge in [-0.2, -0.15) is 0 Å². The molecule has 0 atom stereocenters. The van der Waals surface area contributed by atoms with Crippen molar-refractivity contribution in [1.29, 1.82) is 0 Å². The summed E-state index contributed by atoms with van der Waals surface area (Å²) in [5, 5.41) is 0. The number of anilines is 1. The van der Waals surface area contributed by atoms with E-state index in [1.165, 1.54) is 33.7 Å². The third kappa shape index (κ3) is 4.33. The van der Waals surface area contributed by atoms with Gasteiger partial charge in [-0.15, -0.1) is 0 Å². The second-order valence-electron chi connectivity index (χ2n) is 7.02. The van der Waals surface area contributed by atoms with Gasteiger partial charge in [-0.1, -0.05) is 42.5 Å². The summed E-state index contributed by atoms with van der Waals surface area (Å²) >= 11 is 0. The van der Waals surface area contributed by atoms with Crippen LogP contribution in [0.5, 0.6) is 0 Å². The molecule has 2 aromatic rings. The highest BCUT2D eigenvalue weighted by molar-refractivity contribution is 6.04. The summed E-state index contributed by atoms with van der Waals surface area (Å²) in [6, 6.07) is 19.7. The number of hydrogen-bond donors (Lipinski definition) is 0. The van der Waals surface area contributed by atoms with E-state index >= 15 is 0 Å². The lowest BCUT2D eigenvalue weighted by atomic mass is 9.90. The fraction of sp³-hybridized carbons (Fsp3) is 0.269. The summed E-state index contributed by atoms with van der Waals surface area (Å²) in [7, 11) is 2.13. The molecule has 144 valence electrons. The zero-order chi connectivity index (χ0) is 19.9. The van der Waals surface area contributed by atoms with E-state index in [9.17, 15) is 0 Å². The maximum Gasteiger partial charge on any atom is 0.199 e. The van der Waals surface area contributed by atoms with Crippen LogP contribution in [0.25, 0.3) is 5.57 Å². The first-order valence-electron chi connectivity index (χ1n) is 10.3. The topological polar surface area (TPSA) is 6.25 Å². The van der Waals surface area contributed by atoms with Crippen molar-refractivity contribution >= 4 is 17.0 Å². The van der Waals surface area contributed by atoms with E-state index in [0.717, 1.165) is 19.6 Å². The standard InChI is InChI=1S/C26H31N2/c1-5-27(4)24-17-13-22(14-18-24)26(21-11-9-8-10-12-21)23-15-19-25(20-16-23)28(6-2)7-3/h8-20H,5-7H2,1-4H3/q+1. The zero-order valence-corrected chi connectivity index (χ0v) is 17.5. The predicted octanol–water partition coefficient (Wildman–Crippen LogP) is 5.56. The van der Waals surface area contributed by atoms with Crippen LogP contribution in [0, 0.1) is 0 Å². The van der Waals surface area contributed by atoms with Gasteiger partial charge in [0.1, 0.15) is 13.6 Å². The highest BCUT2D eigenvalue weighted by atomic mass is 15.1. The molecule has 0 fully saturated rings. The molecule has 0 heterocycles. The summed E-state index contributed by atoms with van der Waals surface area (Å²) in [6.45, 7) is 9.63. The first-order valence-corrected chi connectivity index (χ1v) is 10.3. The Balaban J connectivity index is 2.07. The number of allylic oxidation sites excluding steroid dienone is 5. The van der Waals surface area contributed by atoms with E-state index in [4.69, 9.17) is 0 Å². The maximum absolute atomic E-state index is 2.38. The summed E-state index contributed by atoms with van der Waals surface area (Å²) < 4.78 is 2.25. The van der Waals surface area contributed by atoms with Crippen molar-refractivity contribution in [3.05, 3.63) is 95.6 Å². The van der Waals surface area contributed by atoms with Gasteiger partial charge in [0, 0.05) is 30.9 Å². The van der Waals surface area contributed by atoms with Crippen molar-refractivity contribution < 1.29 is 4.58 Å². The van der Waals surface area contributed by atoms with Crippen molar-refractivity contribution in [2.45, 2.75) is 20.8 Å². The molecule has 0 amide bonds. The number of hydrogen-bond acceptors (Lipinski definition) is 1. The minimum atomic E-state index is 1.00. The third-order valence-corrected chi connectivity index (χ3v) is 5.42. The second-order valence-corrected chi connectivity index (χ2v) is 7.02. The average molecular weight is 372 g/mol. The number of nitrogens with zero attached hydrogens (tertiary/aromatic N) is 2. The fourth-order valence-corrected chi connectivity index (χ4v) is 3.60. The summed E-state index contributed by atoms with van der Waals surface area (Å²) in [5.41, 5.74) is 7.54. The molecule has 0 N–H and O–H groups in total. The summed E-state index contributed by atoms with van der Waals surface area (Å²) in [6.07, 6.45) is 8.91. The molecular formula is C26H31N2+. The third-order valence-electron chi connectivity index (χ3n) is 5.42. The quantitative estimate of drug-likeness (QED) is 0.602. The SMILES string of the molecule is CCN(CC)c1ccc(C(=C2C=CC(=[N+](C)CC)C=C2)c2ccccc2)cc1. The highest BCUT2D eigenvalue weighted by Gasteiger charge is 2.13. The minimum absolute atomic E-state index is 1.00. The predicted molar refractivity (Wildman–Crippen MR) is 122 cm³/mol. The van der Waals surface area contributed by atoms with E-state index in [1.807, 2.05) is 0 Å². The number of benzene rings is 2. The van der Waals surface area contributed by atoms with Crippen LogP contribution >= 0.6 is 0 Å². The Hall–Kier alpha value is -2.87. The molecule has 0 bridgehead atoms. The van der Waals surface area contributed by atoms with Gasteiger partial charge in [-0.05, 0) is 67.3 Å². The van der Waals surface area contributed by atoms with Crippen LogP contribution in [0.3, 0.4) is 0 Å². The highest BCUT2D eigenvalue weighted by Crippen LogP contribution is 2.30. The lowest BCUT2D eigenvalue weighted by Crippen LogP contribution is -2.21. The van der Waals surface area contributed by atoms with Crippen molar-refractivity contribution in [2.75, 3.05) is 31.6 Å². The Kier molecular flexibility index (Phi) is 6.65. The first kappa shape index (κ1) is 19.9. The van der Waals surface area contributed by atoms with Gasteiger partial charge in [-0.3, -0.25) is 0 Å². The Morgan fingerprint density at radius 1 is 0.750 bits per heavy atom. The summed E-state index contributed by atoms with van der Waals surface area (Å²) in [4.78, 5) is 2.38.